The van der Waals surface area contributed by atoms with Crippen molar-refractivity contribution in [3.63, 3.8) is 0 Å². The van der Waals surface area contributed by atoms with E-state index in [1.165, 1.54) is 38.3 Å². The minimum atomic E-state index is 0.656. The highest BCUT2D eigenvalue weighted by Crippen LogP contribution is 2.39. The van der Waals surface area contributed by atoms with E-state index < -0.39 is 0 Å². The maximum atomic E-state index is 7.32. The topological polar surface area (TPSA) is 32.3 Å². The quantitative estimate of drug-likeness (QED) is 0.722. The van der Waals surface area contributed by atoms with Crippen molar-refractivity contribution in [2.75, 3.05) is 7.05 Å². The van der Waals surface area contributed by atoms with Crippen molar-refractivity contribution in [2.45, 2.75) is 38.5 Å². The lowest BCUT2D eigenvalue weighted by Gasteiger charge is -2.29. The fourth-order valence-corrected chi connectivity index (χ4v) is 2.86. The van der Waals surface area contributed by atoms with Crippen molar-refractivity contribution in [2.24, 2.45) is 5.92 Å². The standard InChI is InChI=1S/C13H16Cl2.CH5NO/c1-9-4-2-3-5-11(9)10-6-7-12(14)13(15)8-10;1-2-3/h6-9,11H,2-5H2,1H3;2-3H,1H3. The van der Waals surface area contributed by atoms with E-state index in [9.17, 15) is 0 Å². The first-order chi connectivity index (χ1) is 8.60. The first kappa shape index (κ1) is 15.8. The highest BCUT2D eigenvalue weighted by molar-refractivity contribution is 6.42. The zero-order valence-corrected chi connectivity index (χ0v) is 12.4. The Hall–Kier alpha value is -0.280. The van der Waals surface area contributed by atoms with Gasteiger partial charge in [0.05, 0.1) is 10.0 Å². The Kier molecular flexibility index (Phi) is 7.02. The lowest BCUT2D eigenvalue weighted by atomic mass is 9.76. The van der Waals surface area contributed by atoms with Gasteiger partial charge in [-0.1, -0.05) is 55.5 Å². The van der Waals surface area contributed by atoms with E-state index in [1.54, 1.807) is 5.48 Å². The van der Waals surface area contributed by atoms with Gasteiger partial charge in [0.25, 0.3) is 0 Å². The molecule has 1 aromatic rings. The van der Waals surface area contributed by atoms with Gasteiger partial charge in [-0.25, -0.2) is 5.48 Å². The van der Waals surface area contributed by atoms with Crippen LogP contribution in [0.5, 0.6) is 0 Å². The highest BCUT2D eigenvalue weighted by atomic mass is 35.5. The lowest BCUT2D eigenvalue weighted by Crippen LogP contribution is -2.14. The Labute approximate surface area is 119 Å². The van der Waals surface area contributed by atoms with Gasteiger partial charge in [-0.3, -0.25) is 0 Å². The molecule has 0 bridgehead atoms. The van der Waals surface area contributed by atoms with Crippen molar-refractivity contribution >= 4 is 23.2 Å². The fourth-order valence-electron chi connectivity index (χ4n) is 2.55. The van der Waals surface area contributed by atoms with Crippen LogP contribution < -0.4 is 5.48 Å². The normalized spacial score (nSPS) is 23.2. The maximum Gasteiger partial charge on any atom is 0.0595 e. The Bertz CT molecular complexity index is 371. The molecule has 2 rings (SSSR count). The van der Waals surface area contributed by atoms with E-state index in [0.717, 1.165) is 5.92 Å². The summed E-state index contributed by atoms with van der Waals surface area (Å²) in [5, 5.41) is 8.66. The van der Waals surface area contributed by atoms with Gasteiger partial charge >= 0.3 is 0 Å². The minimum absolute atomic E-state index is 0.656. The summed E-state index contributed by atoms with van der Waals surface area (Å²) in [6, 6.07) is 6.08. The maximum absolute atomic E-state index is 7.32. The monoisotopic (exact) mass is 289 g/mol. The SMILES string of the molecule is CC1CCCCC1c1ccc(Cl)c(Cl)c1.CNO. The summed E-state index contributed by atoms with van der Waals surface area (Å²) in [5.41, 5.74) is 3.11. The third-order valence-electron chi connectivity index (χ3n) is 3.48. The summed E-state index contributed by atoms with van der Waals surface area (Å²) < 4.78 is 0. The molecular weight excluding hydrogens is 269 g/mol. The Morgan fingerprint density at radius 3 is 2.33 bits per heavy atom. The van der Waals surface area contributed by atoms with Gasteiger partial charge in [0, 0.05) is 7.05 Å². The molecule has 0 aromatic heterocycles. The number of benzene rings is 1. The largest absolute Gasteiger partial charge is 0.317 e. The van der Waals surface area contributed by atoms with Gasteiger partial charge in [0.2, 0.25) is 0 Å². The van der Waals surface area contributed by atoms with Crippen molar-refractivity contribution in [1.82, 2.24) is 5.48 Å². The second-order valence-corrected chi connectivity index (χ2v) is 5.58. The van der Waals surface area contributed by atoms with Gasteiger partial charge in [-0.05, 0) is 36.0 Å². The average molecular weight is 290 g/mol. The van der Waals surface area contributed by atoms with Crippen LogP contribution in [0.1, 0.15) is 44.1 Å². The molecule has 1 aromatic carbocycles. The average Bonchev–Trinajstić information content (AvgIpc) is 2.34. The molecule has 0 radical (unpaired) electrons. The minimum Gasteiger partial charge on any atom is -0.317 e. The van der Waals surface area contributed by atoms with E-state index in [4.69, 9.17) is 28.4 Å². The van der Waals surface area contributed by atoms with Crippen LogP contribution in [0.3, 0.4) is 0 Å². The van der Waals surface area contributed by atoms with Crippen LogP contribution in [0.2, 0.25) is 10.0 Å². The zero-order chi connectivity index (χ0) is 13.5. The summed E-state index contributed by atoms with van der Waals surface area (Å²) in [4.78, 5) is 0. The molecule has 0 aliphatic heterocycles. The molecule has 102 valence electrons. The van der Waals surface area contributed by atoms with Crippen molar-refractivity contribution < 1.29 is 5.21 Å². The predicted molar refractivity (Wildman–Crippen MR) is 77.7 cm³/mol. The van der Waals surface area contributed by atoms with Crippen LogP contribution in [0.25, 0.3) is 0 Å². The summed E-state index contributed by atoms with van der Waals surface area (Å²) in [6.07, 6.45) is 5.35. The molecule has 2 nitrogen and oxygen atoms in total. The molecule has 0 saturated heterocycles. The molecule has 0 heterocycles. The van der Waals surface area contributed by atoms with Gasteiger partial charge in [0.15, 0.2) is 0 Å². The third-order valence-corrected chi connectivity index (χ3v) is 4.22. The molecule has 1 fully saturated rings. The summed E-state index contributed by atoms with van der Waals surface area (Å²) >= 11 is 12.0. The van der Waals surface area contributed by atoms with Gasteiger partial charge in [-0.2, -0.15) is 0 Å². The molecule has 2 atom stereocenters. The van der Waals surface area contributed by atoms with Crippen LogP contribution >= 0.6 is 23.2 Å². The number of halogens is 2. The second-order valence-electron chi connectivity index (χ2n) is 4.77. The fraction of sp³-hybridized carbons (Fsp3) is 0.571. The van der Waals surface area contributed by atoms with Crippen LogP contribution in [0.15, 0.2) is 18.2 Å². The Morgan fingerprint density at radius 1 is 1.17 bits per heavy atom. The van der Waals surface area contributed by atoms with Gasteiger partial charge < -0.3 is 5.21 Å². The predicted octanol–water partition coefficient (Wildman–Crippen LogP) is 4.88. The van der Waals surface area contributed by atoms with E-state index in [0.29, 0.717) is 16.0 Å². The number of nitrogens with one attached hydrogen (secondary N) is 1. The molecule has 0 spiro atoms. The van der Waals surface area contributed by atoms with Crippen LogP contribution in [-0.2, 0) is 0 Å². The molecule has 1 aliphatic carbocycles. The van der Waals surface area contributed by atoms with Crippen molar-refractivity contribution in [3.8, 4) is 0 Å². The van der Waals surface area contributed by atoms with Crippen LogP contribution in [-0.4, -0.2) is 12.3 Å². The molecule has 18 heavy (non-hydrogen) atoms. The molecule has 4 heteroatoms. The third kappa shape index (κ3) is 4.43. The van der Waals surface area contributed by atoms with E-state index in [-0.39, 0.29) is 0 Å². The smallest absolute Gasteiger partial charge is 0.0595 e. The van der Waals surface area contributed by atoms with Crippen LogP contribution in [0.4, 0.5) is 0 Å². The Balaban J connectivity index is 0.000000492. The second kappa shape index (κ2) is 8.00. The molecule has 1 aliphatic rings. The van der Waals surface area contributed by atoms with Gasteiger partial charge in [-0.15, -0.1) is 0 Å². The zero-order valence-electron chi connectivity index (χ0n) is 10.9. The summed E-state index contributed by atoms with van der Waals surface area (Å²) in [7, 11) is 1.43. The summed E-state index contributed by atoms with van der Waals surface area (Å²) in [5.74, 6) is 1.45. The molecule has 0 amide bonds. The van der Waals surface area contributed by atoms with Crippen molar-refractivity contribution in [3.05, 3.63) is 33.8 Å². The number of hydroxylamine groups is 1. The van der Waals surface area contributed by atoms with Crippen LogP contribution in [0, 0.1) is 5.92 Å². The lowest BCUT2D eigenvalue weighted by molar-refractivity contribution is 0.194. The highest BCUT2D eigenvalue weighted by Gasteiger charge is 2.23. The molecule has 2 unspecified atom stereocenters. The van der Waals surface area contributed by atoms with Gasteiger partial charge in [0.1, 0.15) is 0 Å². The molecule has 1 saturated carbocycles. The number of rotatable bonds is 1. The number of hydrogen-bond donors (Lipinski definition) is 2. The van der Waals surface area contributed by atoms with E-state index in [2.05, 4.69) is 13.0 Å². The van der Waals surface area contributed by atoms with E-state index in [1.807, 2.05) is 12.1 Å². The molecule has 2 N–H and O–H groups in total. The first-order valence-electron chi connectivity index (χ1n) is 6.36. The summed E-state index contributed by atoms with van der Waals surface area (Å²) in [6.45, 7) is 2.34. The number of hydrogen-bond acceptors (Lipinski definition) is 2. The molecular formula is C14H21Cl2NO. The van der Waals surface area contributed by atoms with Crippen molar-refractivity contribution in [1.29, 1.82) is 0 Å². The Morgan fingerprint density at radius 2 is 1.78 bits per heavy atom. The first-order valence-corrected chi connectivity index (χ1v) is 7.11. The van der Waals surface area contributed by atoms with E-state index >= 15 is 0 Å².